The Kier molecular flexibility index (Phi) is 5.62. The van der Waals surface area contributed by atoms with Crippen molar-refractivity contribution in [3.8, 4) is 5.75 Å². The number of ether oxygens (including phenoxy) is 1. The third kappa shape index (κ3) is 3.78. The fraction of sp³-hybridized carbons (Fsp3) is 0.435. The molecule has 0 fully saturated rings. The zero-order valence-electron chi connectivity index (χ0n) is 18.7. The van der Waals surface area contributed by atoms with E-state index in [2.05, 4.69) is 4.72 Å². The lowest BCUT2D eigenvalue weighted by molar-refractivity contribution is -0.127. The Morgan fingerprint density at radius 2 is 1.67 bits per heavy atom. The van der Waals surface area contributed by atoms with Crippen LogP contribution in [-0.2, 0) is 14.8 Å². The zero-order chi connectivity index (χ0) is 22.4. The highest BCUT2D eigenvalue weighted by molar-refractivity contribution is 7.92. The first-order valence-corrected chi connectivity index (χ1v) is 11.6. The van der Waals surface area contributed by atoms with Crippen LogP contribution in [-0.4, -0.2) is 27.5 Å². The molecule has 1 amide bonds. The molecule has 0 aliphatic carbocycles. The van der Waals surface area contributed by atoms with Crippen LogP contribution in [0.3, 0.4) is 0 Å². The number of anilines is 2. The summed E-state index contributed by atoms with van der Waals surface area (Å²) in [4.78, 5) is 14.8. The molecule has 2 aromatic rings. The summed E-state index contributed by atoms with van der Waals surface area (Å²) < 4.78 is 35.1. The van der Waals surface area contributed by atoms with E-state index in [1.807, 2.05) is 54.5 Å². The number of carbonyl (C=O) groups is 1. The van der Waals surface area contributed by atoms with Gasteiger partial charge in [0.2, 0.25) is 5.91 Å². The quantitative estimate of drug-likeness (QED) is 0.775. The van der Waals surface area contributed by atoms with Gasteiger partial charge in [-0.05, 0) is 82.9 Å². The van der Waals surface area contributed by atoms with Crippen molar-refractivity contribution >= 4 is 27.3 Å². The molecule has 0 saturated heterocycles. The second-order valence-corrected chi connectivity index (χ2v) is 10.2. The molecule has 1 heterocycles. The van der Waals surface area contributed by atoms with E-state index in [9.17, 15) is 13.2 Å². The van der Waals surface area contributed by atoms with Crippen LogP contribution in [0.4, 0.5) is 11.4 Å². The van der Waals surface area contributed by atoms with Gasteiger partial charge in [-0.15, -0.1) is 0 Å². The molecule has 0 unspecified atom stereocenters. The average molecular weight is 431 g/mol. The molecular weight excluding hydrogens is 400 g/mol. The van der Waals surface area contributed by atoms with Crippen molar-refractivity contribution in [1.29, 1.82) is 0 Å². The number of carbonyl (C=O) groups excluding carboxylic acids is 1. The second-order valence-electron chi connectivity index (χ2n) is 8.60. The molecule has 2 aromatic carbocycles. The molecule has 1 N–H and O–H groups in total. The summed E-state index contributed by atoms with van der Waals surface area (Å²) in [6.45, 7) is 13.8. The number of fused-ring (bicyclic) bond motifs is 1. The lowest BCUT2D eigenvalue weighted by Crippen LogP contribution is -2.42. The van der Waals surface area contributed by atoms with Gasteiger partial charge < -0.3 is 9.64 Å². The maximum absolute atomic E-state index is 13.2. The van der Waals surface area contributed by atoms with Crippen LogP contribution in [0, 0.1) is 33.1 Å². The first kappa shape index (κ1) is 22.2. The number of rotatable bonds is 4. The minimum absolute atomic E-state index is 0.0152. The van der Waals surface area contributed by atoms with E-state index in [0.717, 1.165) is 22.3 Å². The largest absolute Gasteiger partial charge is 0.490 e. The standard InChI is InChI=1S/C23H30N2O4S/c1-8-25-19-10-9-18(12-20(19)29-13-23(6,7)22(25)26)24-30(27,28)21-16(4)14(2)11-15(3)17(21)5/h9-12,24H,8,13H2,1-7H3. The van der Waals surface area contributed by atoms with Crippen molar-refractivity contribution in [2.75, 3.05) is 22.8 Å². The highest BCUT2D eigenvalue weighted by atomic mass is 32.2. The lowest BCUT2D eigenvalue weighted by Gasteiger charge is -2.26. The van der Waals surface area contributed by atoms with E-state index in [-0.39, 0.29) is 12.5 Å². The number of benzene rings is 2. The van der Waals surface area contributed by atoms with Crippen molar-refractivity contribution in [2.24, 2.45) is 5.41 Å². The van der Waals surface area contributed by atoms with Crippen LogP contribution >= 0.6 is 0 Å². The minimum Gasteiger partial charge on any atom is -0.490 e. The van der Waals surface area contributed by atoms with E-state index >= 15 is 0 Å². The fourth-order valence-corrected chi connectivity index (χ4v) is 5.48. The van der Waals surface area contributed by atoms with E-state index in [1.54, 1.807) is 23.1 Å². The molecule has 1 aliphatic heterocycles. The van der Waals surface area contributed by atoms with Crippen LogP contribution in [0.1, 0.15) is 43.0 Å². The van der Waals surface area contributed by atoms with E-state index in [4.69, 9.17) is 4.74 Å². The van der Waals surface area contributed by atoms with Gasteiger partial charge in [0.1, 0.15) is 12.4 Å². The summed E-state index contributed by atoms with van der Waals surface area (Å²) in [6, 6.07) is 7.05. The maximum Gasteiger partial charge on any atom is 0.262 e. The first-order chi connectivity index (χ1) is 13.9. The molecule has 162 valence electrons. The molecule has 0 spiro atoms. The summed E-state index contributed by atoms with van der Waals surface area (Å²) in [5, 5.41) is 0. The van der Waals surface area contributed by atoms with Gasteiger partial charge in [0, 0.05) is 12.6 Å². The van der Waals surface area contributed by atoms with Gasteiger partial charge in [0.05, 0.1) is 21.7 Å². The van der Waals surface area contributed by atoms with Crippen molar-refractivity contribution in [3.05, 3.63) is 46.5 Å². The van der Waals surface area contributed by atoms with Gasteiger partial charge in [-0.2, -0.15) is 0 Å². The van der Waals surface area contributed by atoms with Gasteiger partial charge in [-0.25, -0.2) is 8.42 Å². The third-order valence-corrected chi connectivity index (χ3v) is 7.45. The van der Waals surface area contributed by atoms with Crippen LogP contribution in [0.25, 0.3) is 0 Å². The molecule has 6 nitrogen and oxygen atoms in total. The van der Waals surface area contributed by atoms with Gasteiger partial charge in [-0.1, -0.05) is 6.07 Å². The Bertz CT molecular complexity index is 1090. The highest BCUT2D eigenvalue weighted by Crippen LogP contribution is 2.38. The van der Waals surface area contributed by atoms with Crippen molar-refractivity contribution in [2.45, 2.75) is 53.4 Å². The van der Waals surface area contributed by atoms with E-state index in [0.29, 0.717) is 28.6 Å². The third-order valence-electron chi connectivity index (χ3n) is 5.80. The summed E-state index contributed by atoms with van der Waals surface area (Å²) in [5.41, 5.74) is 3.72. The average Bonchev–Trinajstić information content (AvgIpc) is 2.74. The summed E-state index contributed by atoms with van der Waals surface area (Å²) in [6.07, 6.45) is 0. The SMILES string of the molecule is CCN1C(=O)C(C)(C)COc2cc(NS(=O)(=O)c3c(C)c(C)cc(C)c3C)ccc21. The van der Waals surface area contributed by atoms with E-state index < -0.39 is 15.4 Å². The second kappa shape index (κ2) is 7.61. The van der Waals surface area contributed by atoms with Crippen LogP contribution in [0.5, 0.6) is 5.75 Å². The Hall–Kier alpha value is -2.54. The Morgan fingerprint density at radius 3 is 2.23 bits per heavy atom. The molecular formula is C23H30N2O4S. The molecule has 3 rings (SSSR count). The number of aryl methyl sites for hydroxylation is 2. The number of hydrogen-bond donors (Lipinski definition) is 1. The molecule has 7 heteroatoms. The maximum atomic E-state index is 13.2. The van der Waals surface area contributed by atoms with Crippen LogP contribution in [0.2, 0.25) is 0 Å². The number of hydrogen-bond acceptors (Lipinski definition) is 4. The monoisotopic (exact) mass is 430 g/mol. The molecule has 1 aliphatic rings. The number of sulfonamides is 1. The predicted octanol–water partition coefficient (Wildman–Crippen LogP) is 4.49. The predicted molar refractivity (Wildman–Crippen MR) is 120 cm³/mol. The number of nitrogens with zero attached hydrogens (tertiary/aromatic N) is 1. The topological polar surface area (TPSA) is 75.7 Å². The molecule has 30 heavy (non-hydrogen) atoms. The molecule has 0 bridgehead atoms. The van der Waals surface area contributed by atoms with Crippen LogP contribution < -0.4 is 14.4 Å². The molecule has 0 aromatic heterocycles. The van der Waals surface area contributed by atoms with Gasteiger partial charge in [-0.3, -0.25) is 9.52 Å². The molecule has 0 atom stereocenters. The van der Waals surface area contributed by atoms with Gasteiger partial charge in [0.25, 0.3) is 10.0 Å². The normalized spacial score (nSPS) is 16.0. The van der Waals surface area contributed by atoms with Gasteiger partial charge in [0.15, 0.2) is 0 Å². The van der Waals surface area contributed by atoms with Crippen molar-refractivity contribution in [3.63, 3.8) is 0 Å². The fourth-order valence-electron chi connectivity index (χ4n) is 3.81. The minimum atomic E-state index is -3.79. The number of nitrogens with one attached hydrogen (secondary N) is 1. The van der Waals surface area contributed by atoms with Crippen molar-refractivity contribution < 1.29 is 17.9 Å². The lowest BCUT2D eigenvalue weighted by atomic mass is 9.93. The van der Waals surface area contributed by atoms with Crippen molar-refractivity contribution in [1.82, 2.24) is 0 Å². The van der Waals surface area contributed by atoms with Crippen LogP contribution in [0.15, 0.2) is 29.2 Å². The number of amides is 1. The zero-order valence-corrected chi connectivity index (χ0v) is 19.5. The molecule has 0 saturated carbocycles. The van der Waals surface area contributed by atoms with E-state index in [1.165, 1.54) is 0 Å². The highest BCUT2D eigenvalue weighted by Gasteiger charge is 2.37. The first-order valence-electron chi connectivity index (χ1n) is 10.1. The van der Waals surface area contributed by atoms with Gasteiger partial charge >= 0.3 is 0 Å². The summed E-state index contributed by atoms with van der Waals surface area (Å²) in [7, 11) is -3.79. The molecule has 0 radical (unpaired) electrons. The Labute approximate surface area is 179 Å². The smallest absolute Gasteiger partial charge is 0.262 e. The summed E-state index contributed by atoms with van der Waals surface area (Å²) in [5.74, 6) is 0.475. The summed E-state index contributed by atoms with van der Waals surface area (Å²) >= 11 is 0. The Balaban J connectivity index is 2.03. The Morgan fingerprint density at radius 1 is 1.07 bits per heavy atom.